The van der Waals surface area contributed by atoms with Crippen molar-refractivity contribution in [2.24, 2.45) is 5.41 Å². The molecule has 2 atom stereocenters. The van der Waals surface area contributed by atoms with Crippen molar-refractivity contribution in [3.05, 3.63) is 35.9 Å². The van der Waals surface area contributed by atoms with E-state index in [1.807, 2.05) is 37.3 Å². The Labute approximate surface area is 121 Å². The van der Waals surface area contributed by atoms with Gasteiger partial charge in [-0.2, -0.15) is 0 Å². The number of rotatable bonds is 5. The summed E-state index contributed by atoms with van der Waals surface area (Å²) in [6.45, 7) is 8.14. The zero-order valence-corrected chi connectivity index (χ0v) is 12.8. The molecule has 2 unspecified atom stereocenters. The molecule has 1 rings (SSSR count). The first kappa shape index (κ1) is 16.5. The van der Waals surface area contributed by atoms with Crippen molar-refractivity contribution in [3.8, 4) is 0 Å². The highest BCUT2D eigenvalue weighted by Gasteiger charge is 2.20. The molecule has 0 aliphatic carbocycles. The molecular weight excluding hydrogens is 252 g/mol. The molecule has 0 bridgehead atoms. The van der Waals surface area contributed by atoms with Crippen molar-refractivity contribution in [1.29, 1.82) is 0 Å². The van der Waals surface area contributed by atoms with Gasteiger partial charge in [-0.15, -0.1) is 0 Å². The SMILES string of the molecule is CC(NC(=O)NC(CO)CC(C)(C)C)c1ccccc1. The molecule has 0 saturated heterocycles. The lowest BCUT2D eigenvalue weighted by molar-refractivity contribution is 0.189. The maximum absolute atomic E-state index is 11.9. The fraction of sp³-hybridized carbons (Fsp3) is 0.562. The van der Waals surface area contributed by atoms with Crippen LogP contribution in [0.25, 0.3) is 0 Å². The van der Waals surface area contributed by atoms with Crippen LogP contribution < -0.4 is 10.6 Å². The first-order valence-electron chi connectivity index (χ1n) is 7.04. The van der Waals surface area contributed by atoms with Gasteiger partial charge >= 0.3 is 6.03 Å². The first-order valence-corrected chi connectivity index (χ1v) is 7.04. The number of aliphatic hydroxyl groups is 1. The van der Waals surface area contributed by atoms with E-state index in [4.69, 9.17) is 0 Å². The zero-order chi connectivity index (χ0) is 15.2. The van der Waals surface area contributed by atoms with Crippen LogP contribution in [0.5, 0.6) is 0 Å². The number of amides is 2. The molecular formula is C16H26N2O2. The molecule has 0 heterocycles. The molecule has 1 aromatic carbocycles. The number of carbonyl (C=O) groups is 1. The molecule has 2 amide bonds. The van der Waals surface area contributed by atoms with Gasteiger partial charge in [0.2, 0.25) is 0 Å². The smallest absolute Gasteiger partial charge is 0.315 e. The Hall–Kier alpha value is -1.55. The van der Waals surface area contributed by atoms with Gasteiger partial charge in [0.15, 0.2) is 0 Å². The van der Waals surface area contributed by atoms with E-state index in [-0.39, 0.29) is 30.1 Å². The number of nitrogens with one attached hydrogen (secondary N) is 2. The Bertz CT molecular complexity index is 412. The number of aliphatic hydroxyl groups excluding tert-OH is 1. The standard InChI is InChI=1S/C16H26N2O2/c1-12(13-8-6-5-7-9-13)17-15(20)18-14(11-19)10-16(2,3)4/h5-9,12,14,19H,10-11H2,1-4H3,(H2,17,18,20). The van der Waals surface area contributed by atoms with E-state index in [0.29, 0.717) is 0 Å². The van der Waals surface area contributed by atoms with E-state index in [1.54, 1.807) is 0 Å². The van der Waals surface area contributed by atoms with Gasteiger partial charge in [0.05, 0.1) is 18.7 Å². The van der Waals surface area contributed by atoms with E-state index in [2.05, 4.69) is 31.4 Å². The summed E-state index contributed by atoms with van der Waals surface area (Å²) in [5.74, 6) is 0. The summed E-state index contributed by atoms with van der Waals surface area (Å²) in [6.07, 6.45) is 0.733. The lowest BCUT2D eigenvalue weighted by Gasteiger charge is -2.26. The minimum atomic E-state index is -0.246. The third-order valence-corrected chi connectivity index (χ3v) is 3.06. The highest BCUT2D eigenvalue weighted by molar-refractivity contribution is 5.74. The molecule has 0 aromatic heterocycles. The molecule has 0 spiro atoms. The quantitative estimate of drug-likeness (QED) is 0.775. The van der Waals surface area contributed by atoms with Crippen LogP contribution in [0.3, 0.4) is 0 Å². The van der Waals surface area contributed by atoms with Crippen molar-refractivity contribution in [3.63, 3.8) is 0 Å². The summed E-state index contributed by atoms with van der Waals surface area (Å²) < 4.78 is 0. The van der Waals surface area contributed by atoms with E-state index in [1.165, 1.54) is 0 Å². The average Bonchev–Trinajstić information content (AvgIpc) is 2.37. The summed E-state index contributed by atoms with van der Waals surface area (Å²) >= 11 is 0. The number of carbonyl (C=O) groups excluding carboxylic acids is 1. The van der Waals surface area contributed by atoms with Gasteiger partial charge in [0.25, 0.3) is 0 Å². The van der Waals surface area contributed by atoms with Crippen molar-refractivity contribution in [2.75, 3.05) is 6.61 Å². The normalized spacial score (nSPS) is 14.4. The highest BCUT2D eigenvalue weighted by Crippen LogP contribution is 2.20. The average molecular weight is 278 g/mol. The van der Waals surface area contributed by atoms with E-state index >= 15 is 0 Å². The molecule has 4 nitrogen and oxygen atoms in total. The van der Waals surface area contributed by atoms with Crippen LogP contribution in [0.1, 0.15) is 45.7 Å². The van der Waals surface area contributed by atoms with Crippen molar-refractivity contribution in [2.45, 2.75) is 46.2 Å². The van der Waals surface area contributed by atoms with Gasteiger partial charge in [-0.1, -0.05) is 51.1 Å². The molecule has 1 aromatic rings. The van der Waals surface area contributed by atoms with Crippen LogP contribution >= 0.6 is 0 Å². The fourth-order valence-electron chi connectivity index (χ4n) is 2.15. The van der Waals surface area contributed by atoms with Crippen LogP contribution in [-0.2, 0) is 0 Å². The second kappa shape index (κ2) is 7.29. The van der Waals surface area contributed by atoms with Gasteiger partial charge < -0.3 is 15.7 Å². The molecule has 0 fully saturated rings. The minimum absolute atomic E-state index is 0.0512. The summed E-state index contributed by atoms with van der Waals surface area (Å²) in [6, 6.07) is 9.26. The second-order valence-electron chi connectivity index (χ2n) is 6.39. The van der Waals surface area contributed by atoms with Crippen LogP contribution in [0.4, 0.5) is 4.79 Å². The van der Waals surface area contributed by atoms with Crippen molar-refractivity contribution >= 4 is 6.03 Å². The van der Waals surface area contributed by atoms with Crippen LogP contribution in [-0.4, -0.2) is 23.8 Å². The van der Waals surface area contributed by atoms with Gasteiger partial charge in [0.1, 0.15) is 0 Å². The third kappa shape index (κ3) is 6.06. The number of hydrogen-bond donors (Lipinski definition) is 3. The molecule has 0 radical (unpaired) electrons. The monoisotopic (exact) mass is 278 g/mol. The van der Waals surface area contributed by atoms with Crippen LogP contribution in [0.2, 0.25) is 0 Å². The van der Waals surface area contributed by atoms with E-state index in [0.717, 1.165) is 12.0 Å². The Balaban J connectivity index is 2.50. The lowest BCUT2D eigenvalue weighted by atomic mass is 9.88. The maximum atomic E-state index is 11.9. The first-order chi connectivity index (χ1) is 9.31. The molecule has 4 heteroatoms. The molecule has 0 aliphatic heterocycles. The summed E-state index contributed by atoms with van der Waals surface area (Å²) in [5.41, 5.74) is 1.12. The van der Waals surface area contributed by atoms with Gasteiger partial charge in [-0.05, 0) is 24.3 Å². The molecule has 20 heavy (non-hydrogen) atoms. The molecule has 0 saturated carbocycles. The van der Waals surface area contributed by atoms with Gasteiger partial charge in [-0.3, -0.25) is 0 Å². The molecule has 0 aliphatic rings. The zero-order valence-electron chi connectivity index (χ0n) is 12.8. The topological polar surface area (TPSA) is 61.4 Å². The van der Waals surface area contributed by atoms with E-state index in [9.17, 15) is 9.90 Å². The Morgan fingerprint density at radius 3 is 2.30 bits per heavy atom. The summed E-state index contributed by atoms with van der Waals surface area (Å²) in [5, 5.41) is 15.1. The summed E-state index contributed by atoms with van der Waals surface area (Å²) in [4.78, 5) is 11.9. The largest absolute Gasteiger partial charge is 0.394 e. The predicted molar refractivity (Wildman–Crippen MR) is 81.5 cm³/mol. The van der Waals surface area contributed by atoms with E-state index < -0.39 is 0 Å². The number of hydrogen-bond acceptors (Lipinski definition) is 2. The fourth-order valence-corrected chi connectivity index (χ4v) is 2.15. The number of urea groups is 1. The maximum Gasteiger partial charge on any atom is 0.315 e. The van der Waals surface area contributed by atoms with Crippen molar-refractivity contribution < 1.29 is 9.90 Å². The predicted octanol–water partition coefficient (Wildman–Crippen LogP) is 2.84. The lowest BCUT2D eigenvalue weighted by Crippen LogP contribution is -2.45. The van der Waals surface area contributed by atoms with Crippen LogP contribution in [0, 0.1) is 5.41 Å². The van der Waals surface area contributed by atoms with Crippen LogP contribution in [0.15, 0.2) is 30.3 Å². The Morgan fingerprint density at radius 1 is 1.20 bits per heavy atom. The van der Waals surface area contributed by atoms with Gasteiger partial charge in [-0.25, -0.2) is 4.79 Å². The Kier molecular flexibility index (Phi) is 6.02. The molecule has 112 valence electrons. The van der Waals surface area contributed by atoms with Gasteiger partial charge in [0, 0.05) is 0 Å². The second-order valence-corrected chi connectivity index (χ2v) is 6.39. The minimum Gasteiger partial charge on any atom is -0.394 e. The highest BCUT2D eigenvalue weighted by atomic mass is 16.3. The third-order valence-electron chi connectivity index (χ3n) is 3.06. The molecule has 3 N–H and O–H groups in total. The Morgan fingerprint density at radius 2 is 1.80 bits per heavy atom. The number of benzene rings is 1. The van der Waals surface area contributed by atoms with Crippen molar-refractivity contribution in [1.82, 2.24) is 10.6 Å². The summed E-state index contributed by atoms with van der Waals surface area (Å²) in [7, 11) is 0.